The van der Waals surface area contributed by atoms with E-state index >= 15 is 0 Å². The van der Waals surface area contributed by atoms with Gasteiger partial charge in [0, 0.05) is 0 Å². The van der Waals surface area contributed by atoms with E-state index < -0.39 is 0 Å². The highest BCUT2D eigenvalue weighted by molar-refractivity contribution is 5.29. The summed E-state index contributed by atoms with van der Waals surface area (Å²) in [4.78, 5) is 0. The van der Waals surface area contributed by atoms with E-state index in [-0.39, 0.29) is 0 Å². The summed E-state index contributed by atoms with van der Waals surface area (Å²) in [5.41, 5.74) is 1.49. The first-order chi connectivity index (χ1) is 12.8. The van der Waals surface area contributed by atoms with E-state index in [1.807, 2.05) is 0 Å². The van der Waals surface area contributed by atoms with Crippen LogP contribution in [0.25, 0.3) is 0 Å². The second-order valence-electron chi connectivity index (χ2n) is 8.41. The fraction of sp³-hybridized carbons (Fsp3) is 0.667. The maximum absolute atomic E-state index is 12.2. The lowest BCUT2D eigenvalue weighted by molar-refractivity contribution is 0.160. The fourth-order valence-electron chi connectivity index (χ4n) is 5.12. The third-order valence-corrected chi connectivity index (χ3v) is 6.71. The van der Waals surface area contributed by atoms with Crippen molar-refractivity contribution in [2.24, 2.45) is 17.8 Å². The van der Waals surface area contributed by atoms with Crippen molar-refractivity contribution < 1.29 is 9.13 Å². The Kier molecular flexibility index (Phi) is 7.58. The van der Waals surface area contributed by atoms with Crippen molar-refractivity contribution in [3.05, 3.63) is 42.2 Å². The first-order valence-electron chi connectivity index (χ1n) is 10.8. The van der Waals surface area contributed by atoms with Crippen molar-refractivity contribution in [1.82, 2.24) is 0 Å². The number of benzene rings is 1. The van der Waals surface area contributed by atoms with Crippen LogP contribution in [0.4, 0.5) is 4.39 Å². The van der Waals surface area contributed by atoms with Gasteiger partial charge in [-0.1, -0.05) is 25.1 Å². The normalized spacial score (nSPS) is 29.8. The van der Waals surface area contributed by atoms with Crippen molar-refractivity contribution in [3.63, 3.8) is 0 Å². The molecule has 26 heavy (non-hydrogen) atoms. The molecule has 144 valence electrons. The molecule has 0 bridgehead atoms. The summed E-state index contributed by atoms with van der Waals surface area (Å²) in [5.74, 6) is 4.31. The van der Waals surface area contributed by atoms with Crippen LogP contribution in [0.3, 0.4) is 0 Å². The third-order valence-electron chi connectivity index (χ3n) is 6.71. The molecule has 2 heteroatoms. The van der Waals surface area contributed by atoms with Crippen molar-refractivity contribution in [1.29, 1.82) is 0 Å². The van der Waals surface area contributed by atoms with E-state index in [1.165, 1.54) is 56.9 Å². The van der Waals surface area contributed by atoms with Crippen LogP contribution >= 0.6 is 0 Å². The number of ether oxygens (including phenoxy) is 1. The number of allylic oxidation sites excluding steroid dienone is 1. The summed E-state index contributed by atoms with van der Waals surface area (Å²) in [6.45, 7) is 2.94. The number of hydrogen-bond donors (Lipinski definition) is 0. The molecule has 1 aromatic carbocycles. The average Bonchev–Trinajstić information content (AvgIpc) is 2.72. The Labute approximate surface area is 159 Å². The van der Waals surface area contributed by atoms with E-state index in [2.05, 4.69) is 31.2 Å². The number of halogens is 1. The van der Waals surface area contributed by atoms with Gasteiger partial charge < -0.3 is 4.74 Å². The van der Waals surface area contributed by atoms with Gasteiger partial charge in [0.05, 0.1) is 12.9 Å². The topological polar surface area (TPSA) is 9.23 Å². The molecule has 0 atom stereocenters. The van der Waals surface area contributed by atoms with Gasteiger partial charge in [-0.15, -0.1) is 0 Å². The van der Waals surface area contributed by atoms with Gasteiger partial charge in [-0.2, -0.15) is 0 Å². The van der Waals surface area contributed by atoms with Gasteiger partial charge >= 0.3 is 0 Å². The zero-order chi connectivity index (χ0) is 18.2. The molecule has 0 spiro atoms. The Bertz CT molecular complexity index is 534. The molecule has 2 aliphatic carbocycles. The molecule has 0 heterocycles. The smallest absolute Gasteiger partial charge is 0.119 e. The molecule has 2 fully saturated rings. The van der Waals surface area contributed by atoms with Crippen LogP contribution in [-0.2, 0) is 0 Å². The molecule has 0 aliphatic heterocycles. The molecule has 1 aromatic rings. The minimum Gasteiger partial charge on any atom is -0.494 e. The van der Waals surface area contributed by atoms with E-state index in [1.54, 1.807) is 6.08 Å². The molecule has 2 aliphatic rings. The Hall–Kier alpha value is -1.31. The first-order valence-corrected chi connectivity index (χ1v) is 10.8. The predicted molar refractivity (Wildman–Crippen MR) is 107 cm³/mol. The maximum Gasteiger partial charge on any atom is 0.119 e. The van der Waals surface area contributed by atoms with Gasteiger partial charge in [0.1, 0.15) is 5.75 Å². The molecule has 0 aromatic heterocycles. The van der Waals surface area contributed by atoms with Gasteiger partial charge in [-0.25, -0.2) is 4.39 Å². The number of rotatable bonds is 7. The first kappa shape index (κ1) is 19.5. The second kappa shape index (κ2) is 10.1. The minimum absolute atomic E-state index is 0.718. The lowest BCUT2D eigenvalue weighted by Crippen LogP contribution is -2.25. The summed E-state index contributed by atoms with van der Waals surface area (Å²) < 4.78 is 17.9. The summed E-state index contributed by atoms with van der Waals surface area (Å²) in [7, 11) is 0. The molecule has 0 N–H and O–H groups in total. The lowest BCUT2D eigenvalue weighted by Gasteiger charge is -2.38. The maximum atomic E-state index is 12.2. The Morgan fingerprint density at radius 2 is 1.54 bits per heavy atom. The van der Waals surface area contributed by atoms with Gasteiger partial charge in [0.2, 0.25) is 0 Å². The molecule has 1 nitrogen and oxygen atoms in total. The standard InChI is InChI=1S/C24H35FO/c1-2-18-26-24-15-13-23(14-16-24)22-11-9-21(10-12-22)20-7-5-19(6-8-20)4-3-17-25/h3,13-17,19-22H,2,4-12,18H2,1H3/b17-3+/t19-,20-,21?,22?. The van der Waals surface area contributed by atoms with Crippen LogP contribution in [0.2, 0.25) is 0 Å². The summed E-state index contributed by atoms with van der Waals surface area (Å²) in [6, 6.07) is 8.84. The molecule has 0 unspecified atom stereocenters. The molecule has 0 amide bonds. The summed E-state index contributed by atoms with van der Waals surface area (Å²) in [6.07, 6.45) is 15.2. The monoisotopic (exact) mass is 358 g/mol. The second-order valence-corrected chi connectivity index (χ2v) is 8.41. The Morgan fingerprint density at radius 3 is 2.12 bits per heavy atom. The molecular weight excluding hydrogens is 323 g/mol. The van der Waals surface area contributed by atoms with Gasteiger partial charge in [0.15, 0.2) is 0 Å². The van der Waals surface area contributed by atoms with E-state index in [4.69, 9.17) is 4.74 Å². The van der Waals surface area contributed by atoms with Gasteiger partial charge in [-0.3, -0.25) is 0 Å². The van der Waals surface area contributed by atoms with Crippen molar-refractivity contribution in [3.8, 4) is 5.75 Å². The highest BCUT2D eigenvalue weighted by atomic mass is 19.1. The fourth-order valence-corrected chi connectivity index (χ4v) is 5.12. The Balaban J connectivity index is 1.43. The van der Waals surface area contributed by atoms with Crippen LogP contribution in [0.1, 0.15) is 82.6 Å². The number of hydrogen-bond acceptors (Lipinski definition) is 1. The van der Waals surface area contributed by atoms with Crippen LogP contribution in [0.5, 0.6) is 5.75 Å². The van der Waals surface area contributed by atoms with Crippen LogP contribution in [0, 0.1) is 17.8 Å². The quantitative estimate of drug-likeness (QED) is 0.492. The lowest BCUT2D eigenvalue weighted by atomic mass is 9.68. The van der Waals surface area contributed by atoms with E-state index in [0.29, 0.717) is 0 Å². The van der Waals surface area contributed by atoms with Crippen LogP contribution in [-0.4, -0.2) is 6.61 Å². The largest absolute Gasteiger partial charge is 0.494 e. The average molecular weight is 359 g/mol. The predicted octanol–water partition coefficient (Wildman–Crippen LogP) is 7.43. The van der Waals surface area contributed by atoms with Crippen molar-refractivity contribution >= 4 is 0 Å². The van der Waals surface area contributed by atoms with Gasteiger partial charge in [-0.05, 0) is 106 Å². The zero-order valence-electron chi connectivity index (χ0n) is 16.3. The van der Waals surface area contributed by atoms with Crippen LogP contribution in [0.15, 0.2) is 36.7 Å². The molecular formula is C24H35FO. The third kappa shape index (κ3) is 5.34. The minimum atomic E-state index is 0.718. The molecule has 0 radical (unpaired) electrons. The van der Waals surface area contributed by atoms with Crippen molar-refractivity contribution in [2.75, 3.05) is 6.61 Å². The molecule has 0 saturated heterocycles. The molecule has 2 saturated carbocycles. The van der Waals surface area contributed by atoms with Crippen LogP contribution < -0.4 is 4.74 Å². The summed E-state index contributed by atoms with van der Waals surface area (Å²) >= 11 is 0. The highest BCUT2D eigenvalue weighted by Gasteiger charge is 2.31. The highest BCUT2D eigenvalue weighted by Crippen LogP contribution is 2.44. The summed E-state index contributed by atoms with van der Waals surface area (Å²) in [5, 5.41) is 0. The van der Waals surface area contributed by atoms with Gasteiger partial charge in [0.25, 0.3) is 0 Å². The molecule has 3 rings (SSSR count). The SMILES string of the molecule is CCCOc1ccc(C2CCC([C@H]3CC[C@H](C/C=C/F)CC3)CC2)cc1. The zero-order valence-corrected chi connectivity index (χ0v) is 16.3. The van der Waals surface area contributed by atoms with E-state index in [9.17, 15) is 4.39 Å². The Morgan fingerprint density at radius 1 is 0.923 bits per heavy atom. The van der Waals surface area contributed by atoms with Crippen molar-refractivity contribution in [2.45, 2.75) is 77.0 Å². The van der Waals surface area contributed by atoms with E-state index in [0.717, 1.165) is 55.2 Å².